The Morgan fingerprint density at radius 1 is 1.30 bits per heavy atom. The van der Waals surface area contributed by atoms with Gasteiger partial charge in [0.25, 0.3) is 11.8 Å². The number of carbonyl (C=O) groups excluding carboxylic acids is 1. The fourth-order valence-corrected chi connectivity index (χ4v) is 2.50. The lowest BCUT2D eigenvalue weighted by Gasteiger charge is -2.15. The molecular formula is C15H16ClN3O4. The van der Waals surface area contributed by atoms with Crippen molar-refractivity contribution < 1.29 is 19.2 Å². The van der Waals surface area contributed by atoms with Crippen molar-refractivity contribution in [3.05, 3.63) is 35.7 Å². The Hall–Kier alpha value is -2.41. The molecule has 1 N–H and O–H groups in total. The summed E-state index contributed by atoms with van der Waals surface area (Å²) in [5.41, 5.74) is 1.26. The number of rotatable bonds is 3. The first-order chi connectivity index (χ1) is 10.5. The smallest absolute Gasteiger partial charge is 0.308 e. The molecule has 1 saturated heterocycles. The van der Waals surface area contributed by atoms with E-state index in [0.717, 1.165) is 5.56 Å². The Balaban J connectivity index is 0.00000192. The quantitative estimate of drug-likeness (QED) is 0.920. The lowest BCUT2D eigenvalue weighted by atomic mass is 10.1. The highest BCUT2D eigenvalue weighted by atomic mass is 35.5. The summed E-state index contributed by atoms with van der Waals surface area (Å²) in [7, 11) is 0. The molecule has 1 atom stereocenters. The third-order valence-electron chi connectivity index (χ3n) is 3.73. The molecule has 1 aliphatic heterocycles. The van der Waals surface area contributed by atoms with Gasteiger partial charge in [0.1, 0.15) is 0 Å². The van der Waals surface area contributed by atoms with E-state index in [1.54, 1.807) is 36.1 Å². The van der Waals surface area contributed by atoms with E-state index in [1.807, 2.05) is 0 Å². The van der Waals surface area contributed by atoms with Crippen molar-refractivity contribution in [3.8, 4) is 11.5 Å². The highest BCUT2D eigenvalue weighted by Gasteiger charge is 2.31. The van der Waals surface area contributed by atoms with Crippen molar-refractivity contribution in [3.63, 3.8) is 0 Å². The van der Waals surface area contributed by atoms with Crippen LogP contribution in [-0.2, 0) is 4.79 Å². The maximum Gasteiger partial charge on any atom is 0.308 e. The van der Waals surface area contributed by atoms with Gasteiger partial charge in [-0.2, -0.15) is 4.98 Å². The first-order valence-electron chi connectivity index (χ1n) is 6.97. The van der Waals surface area contributed by atoms with E-state index in [2.05, 4.69) is 10.1 Å². The van der Waals surface area contributed by atoms with Gasteiger partial charge in [0.05, 0.1) is 5.92 Å². The Bertz CT molecular complexity index is 714. The molecule has 2 aromatic rings. The summed E-state index contributed by atoms with van der Waals surface area (Å²) < 4.78 is 5.07. The van der Waals surface area contributed by atoms with Crippen LogP contribution in [0.25, 0.3) is 11.5 Å². The summed E-state index contributed by atoms with van der Waals surface area (Å²) in [4.78, 5) is 29.0. The molecule has 1 unspecified atom stereocenters. The van der Waals surface area contributed by atoms with Crippen LogP contribution in [0, 0.1) is 12.8 Å². The molecule has 0 bridgehead atoms. The van der Waals surface area contributed by atoms with Crippen LogP contribution in [0.4, 0.5) is 0 Å². The summed E-state index contributed by atoms with van der Waals surface area (Å²) in [5.74, 6) is -0.519. The fraction of sp³-hybridized carbons (Fsp3) is 0.333. The van der Waals surface area contributed by atoms with Crippen molar-refractivity contribution in [2.24, 2.45) is 5.92 Å². The first kappa shape index (κ1) is 17.0. The second kappa shape index (κ2) is 6.78. The number of carboxylic acid groups (broad SMARTS) is 1. The molecule has 122 valence electrons. The summed E-state index contributed by atoms with van der Waals surface area (Å²) in [6, 6.07) is 6.85. The van der Waals surface area contributed by atoms with Gasteiger partial charge < -0.3 is 14.5 Å². The lowest BCUT2D eigenvalue weighted by Crippen LogP contribution is -2.29. The number of carboxylic acids is 1. The van der Waals surface area contributed by atoms with E-state index >= 15 is 0 Å². The van der Waals surface area contributed by atoms with Gasteiger partial charge in [-0.1, -0.05) is 5.16 Å². The molecule has 8 heteroatoms. The van der Waals surface area contributed by atoms with Crippen LogP contribution < -0.4 is 0 Å². The number of likely N-dealkylation sites (tertiary alicyclic amines) is 1. The predicted octanol–water partition coefficient (Wildman–Crippen LogP) is 2.01. The molecule has 0 aliphatic carbocycles. The number of aryl methyl sites for hydroxylation is 1. The molecule has 3 rings (SSSR count). The number of carbonyl (C=O) groups is 2. The average molecular weight is 338 g/mol. The van der Waals surface area contributed by atoms with Gasteiger partial charge in [0, 0.05) is 24.2 Å². The molecule has 1 aliphatic rings. The molecule has 1 aromatic heterocycles. The molecule has 0 radical (unpaired) electrons. The number of halogens is 1. The Labute approximate surface area is 138 Å². The SMILES string of the molecule is Cc1noc(-c2ccc(C(=O)N3CCC(C(=O)O)C3)cc2)n1.Cl. The topological polar surface area (TPSA) is 96.5 Å². The number of hydrogen-bond acceptors (Lipinski definition) is 5. The fourth-order valence-electron chi connectivity index (χ4n) is 2.50. The van der Waals surface area contributed by atoms with Crippen LogP contribution in [0.1, 0.15) is 22.6 Å². The zero-order chi connectivity index (χ0) is 15.7. The van der Waals surface area contributed by atoms with Gasteiger partial charge in [-0.15, -0.1) is 12.4 Å². The minimum atomic E-state index is -0.850. The summed E-state index contributed by atoms with van der Waals surface area (Å²) in [6.07, 6.45) is 0.500. The van der Waals surface area contributed by atoms with Crippen molar-refractivity contribution in [2.75, 3.05) is 13.1 Å². The second-order valence-corrected chi connectivity index (χ2v) is 5.30. The van der Waals surface area contributed by atoms with Gasteiger partial charge in [0.2, 0.25) is 0 Å². The van der Waals surface area contributed by atoms with Gasteiger partial charge in [-0.25, -0.2) is 0 Å². The Morgan fingerprint density at radius 3 is 2.52 bits per heavy atom. The van der Waals surface area contributed by atoms with Crippen LogP contribution in [-0.4, -0.2) is 45.1 Å². The summed E-state index contributed by atoms with van der Waals surface area (Å²) in [5, 5.41) is 12.7. The summed E-state index contributed by atoms with van der Waals surface area (Å²) >= 11 is 0. The van der Waals surface area contributed by atoms with Crippen molar-refractivity contribution >= 4 is 24.3 Å². The normalized spacial score (nSPS) is 16.9. The van der Waals surface area contributed by atoms with E-state index < -0.39 is 11.9 Å². The minimum absolute atomic E-state index is 0. The maximum absolute atomic E-state index is 12.3. The second-order valence-electron chi connectivity index (χ2n) is 5.30. The average Bonchev–Trinajstić information content (AvgIpc) is 3.16. The Morgan fingerprint density at radius 2 is 2.00 bits per heavy atom. The van der Waals surface area contributed by atoms with E-state index in [-0.39, 0.29) is 24.9 Å². The number of nitrogens with zero attached hydrogens (tertiary/aromatic N) is 3. The van der Waals surface area contributed by atoms with E-state index in [1.165, 1.54) is 0 Å². The third-order valence-corrected chi connectivity index (χ3v) is 3.73. The van der Waals surface area contributed by atoms with Crippen LogP contribution in [0.5, 0.6) is 0 Å². The monoisotopic (exact) mass is 337 g/mol. The zero-order valence-electron chi connectivity index (χ0n) is 12.4. The largest absolute Gasteiger partial charge is 0.481 e. The van der Waals surface area contributed by atoms with E-state index in [0.29, 0.717) is 30.2 Å². The molecule has 2 heterocycles. The summed E-state index contributed by atoms with van der Waals surface area (Å²) in [6.45, 7) is 2.47. The maximum atomic E-state index is 12.3. The Kier molecular flexibility index (Phi) is 5.00. The lowest BCUT2D eigenvalue weighted by molar-refractivity contribution is -0.141. The van der Waals surface area contributed by atoms with Gasteiger partial charge >= 0.3 is 5.97 Å². The van der Waals surface area contributed by atoms with Crippen molar-refractivity contribution in [1.29, 1.82) is 0 Å². The standard InChI is InChI=1S/C15H15N3O4.ClH/c1-9-16-13(22-17-9)10-2-4-11(5-3-10)14(19)18-7-6-12(8-18)15(20)21;/h2-5,12H,6-8H2,1H3,(H,20,21);1H. The molecule has 1 amide bonds. The molecule has 23 heavy (non-hydrogen) atoms. The van der Waals surface area contributed by atoms with Crippen molar-refractivity contribution in [2.45, 2.75) is 13.3 Å². The highest BCUT2D eigenvalue weighted by molar-refractivity contribution is 5.95. The molecule has 7 nitrogen and oxygen atoms in total. The highest BCUT2D eigenvalue weighted by Crippen LogP contribution is 2.21. The van der Waals surface area contributed by atoms with Crippen LogP contribution in [0.2, 0.25) is 0 Å². The van der Waals surface area contributed by atoms with E-state index in [9.17, 15) is 9.59 Å². The van der Waals surface area contributed by atoms with Crippen LogP contribution in [0.15, 0.2) is 28.8 Å². The van der Waals surface area contributed by atoms with Crippen molar-refractivity contribution in [1.82, 2.24) is 15.0 Å². The van der Waals surface area contributed by atoms with Gasteiger partial charge in [0.15, 0.2) is 5.82 Å². The van der Waals surface area contributed by atoms with Gasteiger partial charge in [-0.3, -0.25) is 9.59 Å². The van der Waals surface area contributed by atoms with Crippen LogP contribution >= 0.6 is 12.4 Å². The third kappa shape index (κ3) is 3.50. The molecule has 1 fully saturated rings. The molecule has 0 saturated carbocycles. The minimum Gasteiger partial charge on any atom is -0.481 e. The molecule has 1 aromatic carbocycles. The molecular weight excluding hydrogens is 322 g/mol. The van der Waals surface area contributed by atoms with Gasteiger partial charge in [-0.05, 0) is 37.6 Å². The molecule has 0 spiro atoms. The zero-order valence-corrected chi connectivity index (χ0v) is 13.2. The van der Waals surface area contributed by atoms with Crippen LogP contribution in [0.3, 0.4) is 0 Å². The number of aliphatic carboxylic acids is 1. The first-order valence-corrected chi connectivity index (χ1v) is 6.97. The van der Waals surface area contributed by atoms with E-state index in [4.69, 9.17) is 9.63 Å². The number of amides is 1. The number of aromatic nitrogens is 2. The number of benzene rings is 1. The predicted molar refractivity (Wildman–Crippen MR) is 83.4 cm³/mol. The number of hydrogen-bond donors (Lipinski definition) is 1.